The highest BCUT2D eigenvalue weighted by molar-refractivity contribution is 5.94. The van der Waals surface area contributed by atoms with Crippen LogP contribution in [0.4, 0.5) is 0 Å². The van der Waals surface area contributed by atoms with Gasteiger partial charge in [0.15, 0.2) is 0 Å². The molecule has 0 bridgehead atoms. The molecule has 1 fully saturated rings. The molecule has 0 aromatic carbocycles. The lowest BCUT2D eigenvalue weighted by Gasteiger charge is -2.35. The van der Waals surface area contributed by atoms with Crippen LogP contribution in [0.2, 0.25) is 0 Å². The third-order valence-corrected chi connectivity index (χ3v) is 4.04. The van der Waals surface area contributed by atoms with Gasteiger partial charge in [-0.05, 0) is 38.8 Å². The average Bonchev–Trinajstić information content (AvgIpc) is 2.44. The summed E-state index contributed by atoms with van der Waals surface area (Å²) in [4.78, 5) is 26.3. The Labute approximate surface area is 118 Å². The number of carbonyl (C=O) groups excluding carboxylic acids is 1. The van der Waals surface area contributed by atoms with Crippen LogP contribution >= 0.6 is 0 Å². The second-order valence-electron chi connectivity index (χ2n) is 5.76. The number of nitriles is 1. The van der Waals surface area contributed by atoms with Crippen LogP contribution in [0.1, 0.15) is 35.8 Å². The highest BCUT2D eigenvalue weighted by atomic mass is 16.2. The molecule has 0 saturated carbocycles. The standard InChI is InChI=1S/C15H19N3O2/c1-11-5-6-12(13(19)17(11)3)14(20)18-8-4-7-15(2,9-16)10-18/h5-6H,4,7-8,10H2,1-3H3/t15-/m0/s1. The van der Waals surface area contributed by atoms with E-state index in [1.54, 1.807) is 24.1 Å². The molecule has 2 rings (SSSR count). The minimum atomic E-state index is -0.510. The molecular weight excluding hydrogens is 254 g/mol. The van der Waals surface area contributed by atoms with Gasteiger partial charge in [-0.1, -0.05) is 0 Å². The Kier molecular flexibility index (Phi) is 3.67. The van der Waals surface area contributed by atoms with Gasteiger partial charge in [-0.2, -0.15) is 5.26 Å². The van der Waals surface area contributed by atoms with Crippen LogP contribution in [0.3, 0.4) is 0 Å². The highest BCUT2D eigenvalue weighted by Crippen LogP contribution is 2.28. The number of hydrogen-bond donors (Lipinski definition) is 0. The Hall–Kier alpha value is -2.09. The molecule has 0 radical (unpaired) electrons. The molecule has 1 aliphatic heterocycles. The summed E-state index contributed by atoms with van der Waals surface area (Å²) in [5, 5.41) is 9.20. The molecule has 20 heavy (non-hydrogen) atoms. The van der Waals surface area contributed by atoms with Crippen molar-refractivity contribution in [3.63, 3.8) is 0 Å². The molecule has 1 aromatic rings. The van der Waals surface area contributed by atoms with Gasteiger partial charge in [0.25, 0.3) is 11.5 Å². The maximum atomic E-state index is 12.5. The molecule has 1 aliphatic rings. The van der Waals surface area contributed by atoms with Crippen LogP contribution in [0.15, 0.2) is 16.9 Å². The van der Waals surface area contributed by atoms with E-state index in [0.29, 0.717) is 13.1 Å². The van der Waals surface area contributed by atoms with Crippen LogP contribution in [-0.4, -0.2) is 28.5 Å². The van der Waals surface area contributed by atoms with Gasteiger partial charge >= 0.3 is 0 Å². The van der Waals surface area contributed by atoms with Crippen LogP contribution in [0.25, 0.3) is 0 Å². The number of nitrogens with zero attached hydrogens (tertiary/aromatic N) is 3. The number of piperidine rings is 1. The normalized spacial score (nSPS) is 22.4. The quantitative estimate of drug-likeness (QED) is 0.778. The number of rotatable bonds is 1. The van der Waals surface area contributed by atoms with Crippen molar-refractivity contribution >= 4 is 5.91 Å². The predicted octanol–water partition coefficient (Wildman–Crippen LogP) is 1.46. The summed E-state index contributed by atoms with van der Waals surface area (Å²) in [7, 11) is 1.66. The number of amides is 1. The number of aryl methyl sites for hydroxylation is 1. The molecule has 1 saturated heterocycles. The Bertz CT molecular complexity index is 641. The Morgan fingerprint density at radius 1 is 1.45 bits per heavy atom. The smallest absolute Gasteiger partial charge is 0.263 e. The van der Waals surface area contributed by atoms with E-state index in [4.69, 9.17) is 0 Å². The Morgan fingerprint density at radius 3 is 2.80 bits per heavy atom. The fourth-order valence-corrected chi connectivity index (χ4v) is 2.57. The third-order valence-electron chi connectivity index (χ3n) is 4.04. The lowest BCUT2D eigenvalue weighted by Crippen LogP contribution is -2.46. The molecule has 1 atom stereocenters. The minimum absolute atomic E-state index is 0.181. The maximum Gasteiger partial charge on any atom is 0.263 e. The van der Waals surface area contributed by atoms with E-state index < -0.39 is 5.41 Å². The van der Waals surface area contributed by atoms with Crippen molar-refractivity contribution in [2.45, 2.75) is 26.7 Å². The van der Waals surface area contributed by atoms with Gasteiger partial charge < -0.3 is 9.47 Å². The Balaban J connectivity index is 2.31. The van der Waals surface area contributed by atoms with Gasteiger partial charge in [-0.25, -0.2) is 0 Å². The highest BCUT2D eigenvalue weighted by Gasteiger charge is 2.34. The summed E-state index contributed by atoms with van der Waals surface area (Å²) in [6, 6.07) is 5.62. The maximum absolute atomic E-state index is 12.5. The molecule has 5 nitrogen and oxygen atoms in total. The Morgan fingerprint density at radius 2 is 2.15 bits per heavy atom. The summed E-state index contributed by atoms with van der Waals surface area (Å²) < 4.78 is 1.47. The van der Waals surface area contributed by atoms with Crippen LogP contribution in [0, 0.1) is 23.7 Å². The van der Waals surface area contributed by atoms with Crippen molar-refractivity contribution in [3.8, 4) is 6.07 Å². The fraction of sp³-hybridized carbons (Fsp3) is 0.533. The minimum Gasteiger partial charge on any atom is -0.337 e. The summed E-state index contributed by atoms with van der Waals surface area (Å²) in [5.74, 6) is -0.272. The summed E-state index contributed by atoms with van der Waals surface area (Å²) in [6.07, 6.45) is 1.58. The molecule has 0 unspecified atom stereocenters. The first-order chi connectivity index (χ1) is 9.38. The first-order valence-electron chi connectivity index (χ1n) is 6.75. The second kappa shape index (κ2) is 5.12. The summed E-state index contributed by atoms with van der Waals surface area (Å²) in [6.45, 7) is 4.68. The van der Waals surface area contributed by atoms with E-state index in [-0.39, 0.29) is 17.0 Å². The van der Waals surface area contributed by atoms with E-state index >= 15 is 0 Å². The lowest BCUT2D eigenvalue weighted by molar-refractivity contribution is 0.0627. The topological polar surface area (TPSA) is 66.1 Å². The van der Waals surface area contributed by atoms with E-state index in [9.17, 15) is 14.9 Å². The van der Waals surface area contributed by atoms with Gasteiger partial charge in [0, 0.05) is 25.8 Å². The molecule has 1 aromatic heterocycles. The molecule has 1 amide bonds. The second-order valence-corrected chi connectivity index (χ2v) is 5.76. The van der Waals surface area contributed by atoms with Crippen LogP contribution in [0.5, 0.6) is 0 Å². The monoisotopic (exact) mass is 273 g/mol. The van der Waals surface area contributed by atoms with E-state index in [1.807, 2.05) is 13.8 Å². The molecule has 5 heteroatoms. The van der Waals surface area contributed by atoms with Gasteiger partial charge in [0.1, 0.15) is 5.56 Å². The van der Waals surface area contributed by atoms with Crippen LogP contribution in [-0.2, 0) is 7.05 Å². The predicted molar refractivity (Wildman–Crippen MR) is 75.3 cm³/mol. The number of pyridine rings is 1. The summed E-state index contributed by atoms with van der Waals surface area (Å²) in [5.41, 5.74) is 0.204. The summed E-state index contributed by atoms with van der Waals surface area (Å²) >= 11 is 0. The molecule has 2 heterocycles. The van der Waals surface area contributed by atoms with Gasteiger partial charge in [-0.3, -0.25) is 9.59 Å². The zero-order chi connectivity index (χ0) is 14.9. The van der Waals surface area contributed by atoms with Crippen molar-refractivity contribution in [3.05, 3.63) is 33.7 Å². The van der Waals surface area contributed by atoms with Gasteiger partial charge in [0.2, 0.25) is 0 Å². The molecular formula is C15H19N3O2. The van der Waals surface area contributed by atoms with Gasteiger partial charge in [0.05, 0.1) is 11.5 Å². The number of likely N-dealkylation sites (tertiary alicyclic amines) is 1. The zero-order valence-corrected chi connectivity index (χ0v) is 12.1. The average molecular weight is 273 g/mol. The third kappa shape index (κ3) is 2.46. The fourth-order valence-electron chi connectivity index (χ4n) is 2.57. The molecule has 0 aliphatic carbocycles. The SMILES string of the molecule is Cc1ccc(C(=O)N2CCC[C@@](C)(C#N)C2)c(=O)n1C. The van der Waals surface area contributed by atoms with Crippen LogP contribution < -0.4 is 5.56 Å². The first-order valence-corrected chi connectivity index (χ1v) is 6.75. The first kappa shape index (κ1) is 14.3. The van der Waals surface area contributed by atoms with E-state index in [1.165, 1.54) is 4.57 Å². The van der Waals surface area contributed by atoms with E-state index in [0.717, 1.165) is 18.5 Å². The van der Waals surface area contributed by atoms with Crippen molar-refractivity contribution in [2.75, 3.05) is 13.1 Å². The molecule has 0 N–H and O–H groups in total. The van der Waals surface area contributed by atoms with Crippen molar-refractivity contribution < 1.29 is 4.79 Å². The van der Waals surface area contributed by atoms with Crippen molar-refractivity contribution in [2.24, 2.45) is 12.5 Å². The van der Waals surface area contributed by atoms with Gasteiger partial charge in [-0.15, -0.1) is 0 Å². The number of hydrogen-bond acceptors (Lipinski definition) is 3. The number of aromatic nitrogens is 1. The number of carbonyl (C=O) groups is 1. The largest absolute Gasteiger partial charge is 0.337 e. The van der Waals surface area contributed by atoms with Crippen molar-refractivity contribution in [1.82, 2.24) is 9.47 Å². The van der Waals surface area contributed by atoms with Crippen molar-refractivity contribution in [1.29, 1.82) is 5.26 Å². The molecule has 106 valence electrons. The molecule has 0 spiro atoms. The van der Waals surface area contributed by atoms with E-state index in [2.05, 4.69) is 6.07 Å². The lowest BCUT2D eigenvalue weighted by atomic mass is 9.83. The zero-order valence-electron chi connectivity index (χ0n) is 12.1.